The zero-order chi connectivity index (χ0) is 31.8. The lowest BCUT2D eigenvalue weighted by atomic mass is 10.0. The van der Waals surface area contributed by atoms with Crippen molar-refractivity contribution in [2.45, 2.75) is 205 Å². The number of primary amides is 2. The van der Waals surface area contributed by atoms with Crippen LogP contribution in [0, 0.1) is 0 Å². The third-order valence-electron chi connectivity index (χ3n) is 9.45. The van der Waals surface area contributed by atoms with Gasteiger partial charge in [-0.3, -0.25) is 14.6 Å². The summed E-state index contributed by atoms with van der Waals surface area (Å²) in [6.45, 7) is 3.39. The van der Waals surface area contributed by atoms with Crippen LogP contribution in [-0.4, -0.2) is 42.2 Å². The zero-order valence-corrected chi connectivity index (χ0v) is 29.1. The molecule has 0 aromatic heterocycles. The Bertz CT molecular complexity index is 696. The van der Waals surface area contributed by atoms with Crippen molar-refractivity contribution in [3.8, 4) is 0 Å². The second-order valence-corrected chi connectivity index (χ2v) is 13.7. The highest BCUT2D eigenvalue weighted by molar-refractivity contribution is 5.83. The largest absolute Gasteiger partial charge is 0.370 e. The summed E-state index contributed by atoms with van der Waals surface area (Å²) < 4.78 is 0. The van der Waals surface area contributed by atoms with E-state index in [4.69, 9.17) is 16.5 Å². The van der Waals surface area contributed by atoms with Crippen molar-refractivity contribution >= 4 is 17.6 Å². The summed E-state index contributed by atoms with van der Waals surface area (Å²) in [7, 11) is 0. The summed E-state index contributed by atoms with van der Waals surface area (Å²) in [6.07, 6.45) is 40.8. The highest BCUT2D eigenvalue weighted by Gasteiger charge is 2.15. The molecule has 0 bridgehead atoms. The molecule has 258 valence electrons. The van der Waals surface area contributed by atoms with E-state index in [1.54, 1.807) is 0 Å². The highest BCUT2D eigenvalue weighted by atomic mass is 16.1. The average molecular weight is 619 g/mol. The smallest absolute Gasteiger partial charge is 0.217 e. The van der Waals surface area contributed by atoms with E-state index in [1.807, 2.05) is 0 Å². The molecule has 2 amide bonds. The summed E-state index contributed by atoms with van der Waals surface area (Å²) in [6, 6.07) is 0. The SMILES string of the molecule is NC(=O)CCCCCCCCCCCCCCCCCN1CCN=C1CCCCCCCCCCCCCCCCC(N)=O. The Morgan fingerprint density at radius 3 is 1.09 bits per heavy atom. The van der Waals surface area contributed by atoms with E-state index in [-0.39, 0.29) is 11.8 Å². The van der Waals surface area contributed by atoms with Gasteiger partial charge in [-0.05, 0) is 25.7 Å². The van der Waals surface area contributed by atoms with E-state index < -0.39 is 0 Å². The van der Waals surface area contributed by atoms with Crippen LogP contribution in [0.25, 0.3) is 0 Å². The topological polar surface area (TPSA) is 102 Å². The summed E-state index contributed by atoms with van der Waals surface area (Å²) >= 11 is 0. The monoisotopic (exact) mass is 619 g/mol. The molecule has 0 atom stereocenters. The first-order valence-corrected chi connectivity index (χ1v) is 19.4. The Kier molecular flexibility index (Phi) is 28.9. The molecule has 0 aromatic carbocycles. The second kappa shape index (κ2) is 31.4. The number of amides is 2. The Balaban J connectivity index is 1.79. The maximum Gasteiger partial charge on any atom is 0.217 e. The maximum atomic E-state index is 10.7. The lowest BCUT2D eigenvalue weighted by Crippen LogP contribution is -2.28. The fourth-order valence-corrected chi connectivity index (χ4v) is 6.61. The lowest BCUT2D eigenvalue weighted by molar-refractivity contribution is -0.119. The van der Waals surface area contributed by atoms with Gasteiger partial charge in [0.05, 0.1) is 12.4 Å². The van der Waals surface area contributed by atoms with Gasteiger partial charge in [0.15, 0.2) is 0 Å². The summed E-state index contributed by atoms with van der Waals surface area (Å²) in [4.78, 5) is 28.9. The van der Waals surface area contributed by atoms with E-state index >= 15 is 0 Å². The van der Waals surface area contributed by atoms with Crippen LogP contribution in [0.5, 0.6) is 0 Å². The van der Waals surface area contributed by atoms with Crippen LogP contribution in [0.3, 0.4) is 0 Å². The van der Waals surface area contributed by atoms with E-state index in [0.29, 0.717) is 12.8 Å². The van der Waals surface area contributed by atoms with Crippen LogP contribution in [0.4, 0.5) is 0 Å². The van der Waals surface area contributed by atoms with Crippen molar-refractivity contribution in [1.29, 1.82) is 0 Å². The molecule has 0 aliphatic carbocycles. The molecule has 0 fully saturated rings. The molecule has 1 heterocycles. The fraction of sp³-hybridized carbons (Fsp3) is 0.921. The minimum Gasteiger partial charge on any atom is -0.370 e. The molecular formula is C38H74N4O2. The minimum absolute atomic E-state index is 0.156. The Morgan fingerprint density at radius 1 is 0.455 bits per heavy atom. The summed E-state index contributed by atoms with van der Waals surface area (Å²) in [5.74, 6) is 1.09. The third kappa shape index (κ3) is 27.9. The van der Waals surface area contributed by atoms with Crippen molar-refractivity contribution in [3.05, 3.63) is 0 Å². The molecule has 0 saturated carbocycles. The second-order valence-electron chi connectivity index (χ2n) is 13.7. The number of carbonyl (C=O) groups excluding carboxylic acids is 2. The molecule has 1 rings (SSSR count). The van der Waals surface area contributed by atoms with Crippen LogP contribution in [0.15, 0.2) is 4.99 Å². The van der Waals surface area contributed by atoms with Gasteiger partial charge < -0.3 is 16.4 Å². The van der Waals surface area contributed by atoms with Gasteiger partial charge in [-0.1, -0.05) is 161 Å². The molecule has 6 nitrogen and oxygen atoms in total. The van der Waals surface area contributed by atoms with Gasteiger partial charge in [-0.2, -0.15) is 0 Å². The number of aliphatic imine (C=N–C) groups is 1. The number of nitrogens with zero attached hydrogens (tertiary/aromatic N) is 2. The number of amidine groups is 1. The zero-order valence-electron chi connectivity index (χ0n) is 29.1. The first-order valence-electron chi connectivity index (χ1n) is 19.4. The Labute approximate surface area is 273 Å². The van der Waals surface area contributed by atoms with Crippen molar-refractivity contribution < 1.29 is 9.59 Å². The predicted molar refractivity (Wildman–Crippen MR) is 190 cm³/mol. The van der Waals surface area contributed by atoms with Crippen molar-refractivity contribution in [1.82, 2.24) is 4.90 Å². The van der Waals surface area contributed by atoms with E-state index in [9.17, 15) is 9.59 Å². The van der Waals surface area contributed by atoms with Crippen LogP contribution in [0.1, 0.15) is 205 Å². The Hall–Kier alpha value is -1.59. The predicted octanol–water partition coefficient (Wildman–Crippen LogP) is 10.2. The van der Waals surface area contributed by atoms with Gasteiger partial charge >= 0.3 is 0 Å². The average Bonchev–Trinajstić information content (AvgIpc) is 3.45. The van der Waals surface area contributed by atoms with Gasteiger partial charge in [-0.25, -0.2) is 0 Å². The molecule has 0 unspecified atom stereocenters. The van der Waals surface area contributed by atoms with Crippen molar-refractivity contribution in [3.63, 3.8) is 0 Å². The third-order valence-corrected chi connectivity index (χ3v) is 9.45. The molecule has 4 N–H and O–H groups in total. The number of nitrogens with two attached hydrogens (primary N) is 2. The quantitative estimate of drug-likeness (QED) is 0.0691. The first-order chi connectivity index (χ1) is 21.6. The van der Waals surface area contributed by atoms with Gasteiger partial charge in [-0.15, -0.1) is 0 Å². The molecule has 1 aliphatic rings. The molecule has 6 heteroatoms. The molecular weight excluding hydrogens is 544 g/mol. The number of carbonyl (C=O) groups is 2. The number of unbranched alkanes of at least 4 members (excludes halogenated alkanes) is 27. The lowest BCUT2D eigenvalue weighted by Gasteiger charge is -2.20. The van der Waals surface area contributed by atoms with Crippen LogP contribution >= 0.6 is 0 Å². The Morgan fingerprint density at radius 2 is 0.750 bits per heavy atom. The van der Waals surface area contributed by atoms with Crippen LogP contribution in [0.2, 0.25) is 0 Å². The van der Waals surface area contributed by atoms with Gasteiger partial charge in [0.2, 0.25) is 11.8 Å². The molecule has 0 saturated heterocycles. The molecule has 0 spiro atoms. The van der Waals surface area contributed by atoms with Crippen molar-refractivity contribution in [2.24, 2.45) is 16.5 Å². The van der Waals surface area contributed by atoms with Crippen LogP contribution < -0.4 is 11.5 Å². The number of hydrogen-bond acceptors (Lipinski definition) is 4. The number of rotatable bonds is 35. The minimum atomic E-state index is -0.157. The van der Waals surface area contributed by atoms with Gasteiger partial charge in [0.1, 0.15) is 0 Å². The van der Waals surface area contributed by atoms with E-state index in [1.165, 1.54) is 179 Å². The van der Waals surface area contributed by atoms with Crippen LogP contribution in [-0.2, 0) is 9.59 Å². The molecule has 1 aliphatic heterocycles. The highest BCUT2D eigenvalue weighted by Crippen LogP contribution is 2.17. The number of hydrogen-bond donors (Lipinski definition) is 2. The molecule has 0 radical (unpaired) electrons. The molecule has 0 aromatic rings. The fourth-order valence-electron chi connectivity index (χ4n) is 6.61. The first kappa shape index (κ1) is 40.4. The van der Waals surface area contributed by atoms with Gasteiger partial charge in [0.25, 0.3) is 0 Å². The van der Waals surface area contributed by atoms with E-state index in [0.717, 1.165) is 38.8 Å². The standard InChI is InChI=1S/C38H74N4O2/c39-36(43)30-26-22-18-14-10-6-2-1-5-9-13-17-21-25-29-34-42-35-33-41-38(42)32-28-24-20-16-12-8-4-3-7-11-15-19-23-27-31-37(40)44/h1-35H2,(H2,39,43)(H2,40,44). The molecule has 44 heavy (non-hydrogen) atoms. The summed E-state index contributed by atoms with van der Waals surface area (Å²) in [5.41, 5.74) is 10.4. The van der Waals surface area contributed by atoms with E-state index in [2.05, 4.69) is 4.90 Å². The maximum absolute atomic E-state index is 10.7. The normalized spacial score (nSPS) is 13.1. The van der Waals surface area contributed by atoms with Gasteiger partial charge in [0, 0.05) is 32.4 Å². The van der Waals surface area contributed by atoms with Crippen molar-refractivity contribution in [2.75, 3.05) is 19.6 Å². The summed E-state index contributed by atoms with van der Waals surface area (Å²) in [5, 5.41) is 0.